The van der Waals surface area contributed by atoms with Crippen molar-refractivity contribution in [1.29, 1.82) is 5.26 Å². The van der Waals surface area contributed by atoms with Crippen molar-refractivity contribution in [3.8, 4) is 6.07 Å². The zero-order chi connectivity index (χ0) is 9.42. The predicted octanol–water partition coefficient (Wildman–Crippen LogP) is 3.20. The highest BCUT2D eigenvalue weighted by molar-refractivity contribution is 7.80. The maximum atomic E-state index is 13.4. The number of nitrogens with zero attached hydrogens (tertiary/aromatic N) is 1. The lowest BCUT2D eigenvalue weighted by molar-refractivity contribution is 0.639. The lowest BCUT2D eigenvalue weighted by Gasteiger charge is -1.92. The Hall–Kier alpha value is -1.05. The van der Waals surface area contributed by atoms with Crippen LogP contribution in [0.2, 0.25) is 0 Å². The molecular weight excluding hydrogens is 205 g/mol. The second-order valence-electron chi connectivity index (χ2n) is 2.51. The average molecular weight is 209 g/mol. The third-order valence-corrected chi connectivity index (χ3v) is 3.14. The summed E-state index contributed by atoms with van der Waals surface area (Å²) in [6, 6.07) is 7.11. The number of thiophene rings is 1. The molecule has 0 unspecified atom stereocenters. The molecule has 0 fully saturated rings. The zero-order valence-corrected chi connectivity index (χ0v) is 8.12. The maximum Gasteiger partial charge on any atom is 0.160 e. The van der Waals surface area contributed by atoms with Crippen molar-refractivity contribution in [1.82, 2.24) is 0 Å². The van der Waals surface area contributed by atoms with Gasteiger partial charge in [-0.15, -0.1) is 24.0 Å². The van der Waals surface area contributed by atoms with Crippen LogP contribution in [0.4, 0.5) is 4.39 Å². The van der Waals surface area contributed by atoms with E-state index in [4.69, 9.17) is 5.26 Å². The van der Waals surface area contributed by atoms with Crippen LogP contribution >= 0.6 is 24.0 Å². The first-order valence-electron chi connectivity index (χ1n) is 3.54. The summed E-state index contributed by atoms with van der Waals surface area (Å²) in [6.07, 6.45) is 0. The summed E-state index contributed by atoms with van der Waals surface area (Å²) in [6.45, 7) is 0. The summed E-state index contributed by atoms with van der Waals surface area (Å²) in [7, 11) is 0. The summed E-state index contributed by atoms with van der Waals surface area (Å²) in [5, 5.41) is 9.06. The molecule has 0 atom stereocenters. The number of thiol groups is 1. The number of benzene rings is 1. The van der Waals surface area contributed by atoms with E-state index in [1.807, 2.05) is 6.07 Å². The molecule has 1 heterocycles. The Labute approximate surface area is 83.8 Å². The molecule has 64 valence electrons. The average Bonchev–Trinajstić information content (AvgIpc) is 2.44. The molecule has 2 aromatic rings. The van der Waals surface area contributed by atoms with E-state index in [-0.39, 0.29) is 4.88 Å². The number of hydrogen-bond donors (Lipinski definition) is 1. The molecule has 0 spiro atoms. The predicted molar refractivity (Wildman–Crippen MR) is 53.8 cm³/mol. The van der Waals surface area contributed by atoms with Crippen LogP contribution in [0.25, 0.3) is 10.1 Å². The fourth-order valence-electron chi connectivity index (χ4n) is 1.17. The van der Waals surface area contributed by atoms with Gasteiger partial charge in [0.15, 0.2) is 5.82 Å². The van der Waals surface area contributed by atoms with Gasteiger partial charge in [0.25, 0.3) is 0 Å². The van der Waals surface area contributed by atoms with Gasteiger partial charge in [-0.2, -0.15) is 5.26 Å². The van der Waals surface area contributed by atoms with Crippen LogP contribution in [0, 0.1) is 17.1 Å². The summed E-state index contributed by atoms with van der Waals surface area (Å²) in [4.78, 5) is 0.698. The fraction of sp³-hybridized carbons (Fsp3) is 0. The Morgan fingerprint density at radius 3 is 2.85 bits per heavy atom. The van der Waals surface area contributed by atoms with E-state index in [0.717, 1.165) is 16.0 Å². The highest BCUT2D eigenvalue weighted by Crippen LogP contribution is 2.33. The van der Waals surface area contributed by atoms with Crippen molar-refractivity contribution in [3.63, 3.8) is 0 Å². The fourth-order valence-corrected chi connectivity index (χ4v) is 2.45. The second-order valence-corrected chi connectivity index (χ2v) is 4.04. The normalized spacial score (nSPS) is 10.2. The SMILES string of the molecule is N#Cc1sc2cccc(S)c2c1F. The minimum Gasteiger partial charge on any atom is -0.204 e. The van der Waals surface area contributed by atoms with Crippen LogP contribution in [0.15, 0.2) is 23.1 Å². The number of fused-ring (bicyclic) bond motifs is 1. The van der Waals surface area contributed by atoms with Gasteiger partial charge < -0.3 is 0 Å². The number of halogens is 1. The van der Waals surface area contributed by atoms with E-state index in [0.29, 0.717) is 10.3 Å². The third-order valence-electron chi connectivity index (χ3n) is 1.74. The summed E-state index contributed by atoms with van der Waals surface area (Å²) < 4.78 is 14.2. The standard InChI is InChI=1S/C9H4FNS2/c10-9-7(4-11)13-6-3-1-2-5(12)8(6)9/h1-3,12H. The minimum atomic E-state index is -0.451. The van der Waals surface area contributed by atoms with Crippen molar-refractivity contribution in [2.75, 3.05) is 0 Å². The molecule has 0 N–H and O–H groups in total. The van der Waals surface area contributed by atoms with Gasteiger partial charge in [0, 0.05) is 15.0 Å². The smallest absolute Gasteiger partial charge is 0.160 e. The third kappa shape index (κ3) is 1.21. The van der Waals surface area contributed by atoms with Gasteiger partial charge in [-0.25, -0.2) is 4.39 Å². The molecule has 0 aliphatic rings. The van der Waals surface area contributed by atoms with Gasteiger partial charge in [0.05, 0.1) is 0 Å². The molecule has 1 aromatic carbocycles. The van der Waals surface area contributed by atoms with Crippen LogP contribution in [0.5, 0.6) is 0 Å². The van der Waals surface area contributed by atoms with Gasteiger partial charge in [-0.05, 0) is 12.1 Å². The van der Waals surface area contributed by atoms with Crippen LogP contribution in [0.1, 0.15) is 4.88 Å². The molecule has 1 nitrogen and oxygen atoms in total. The first kappa shape index (κ1) is 8.54. The van der Waals surface area contributed by atoms with Crippen LogP contribution in [-0.2, 0) is 0 Å². The van der Waals surface area contributed by atoms with Gasteiger partial charge in [-0.3, -0.25) is 0 Å². The highest BCUT2D eigenvalue weighted by Gasteiger charge is 2.12. The Bertz CT molecular complexity index is 510. The maximum absolute atomic E-state index is 13.4. The summed E-state index contributed by atoms with van der Waals surface area (Å²) in [5.41, 5.74) is 0. The molecule has 0 radical (unpaired) electrons. The van der Waals surface area contributed by atoms with Gasteiger partial charge in [0.1, 0.15) is 10.9 Å². The van der Waals surface area contributed by atoms with E-state index >= 15 is 0 Å². The molecule has 0 saturated heterocycles. The lowest BCUT2D eigenvalue weighted by atomic mass is 10.2. The quantitative estimate of drug-likeness (QED) is 0.662. The van der Waals surface area contributed by atoms with Gasteiger partial charge in [0.2, 0.25) is 0 Å². The van der Waals surface area contributed by atoms with Crippen LogP contribution in [-0.4, -0.2) is 0 Å². The molecule has 1 aromatic heterocycles. The monoisotopic (exact) mass is 209 g/mol. The number of nitriles is 1. The first-order valence-corrected chi connectivity index (χ1v) is 4.80. The Balaban J connectivity index is 2.95. The first-order chi connectivity index (χ1) is 6.24. The van der Waals surface area contributed by atoms with E-state index < -0.39 is 5.82 Å². The number of rotatable bonds is 0. The van der Waals surface area contributed by atoms with Crippen LogP contribution < -0.4 is 0 Å². The highest BCUT2D eigenvalue weighted by atomic mass is 32.1. The van der Waals surface area contributed by atoms with Crippen LogP contribution in [0.3, 0.4) is 0 Å². The molecule has 0 aliphatic heterocycles. The Kier molecular flexibility index (Phi) is 1.98. The largest absolute Gasteiger partial charge is 0.204 e. The van der Waals surface area contributed by atoms with Crippen molar-refractivity contribution in [2.24, 2.45) is 0 Å². The van der Waals surface area contributed by atoms with Crippen molar-refractivity contribution >= 4 is 34.1 Å². The number of hydrogen-bond acceptors (Lipinski definition) is 3. The molecule has 0 saturated carbocycles. The van der Waals surface area contributed by atoms with E-state index in [2.05, 4.69) is 12.6 Å². The summed E-state index contributed by atoms with van der Waals surface area (Å²) in [5.74, 6) is -0.451. The minimum absolute atomic E-state index is 0.122. The van der Waals surface area contributed by atoms with E-state index in [9.17, 15) is 4.39 Å². The Morgan fingerprint density at radius 2 is 2.23 bits per heavy atom. The Morgan fingerprint density at radius 1 is 1.46 bits per heavy atom. The molecular formula is C9H4FNS2. The second kappa shape index (κ2) is 3.02. The molecule has 0 amide bonds. The molecule has 13 heavy (non-hydrogen) atoms. The van der Waals surface area contributed by atoms with Gasteiger partial charge >= 0.3 is 0 Å². The summed E-state index contributed by atoms with van der Waals surface area (Å²) >= 11 is 5.28. The van der Waals surface area contributed by atoms with Gasteiger partial charge in [-0.1, -0.05) is 6.07 Å². The van der Waals surface area contributed by atoms with Crippen molar-refractivity contribution in [2.45, 2.75) is 4.90 Å². The molecule has 0 aliphatic carbocycles. The van der Waals surface area contributed by atoms with E-state index in [1.165, 1.54) is 0 Å². The zero-order valence-electron chi connectivity index (χ0n) is 6.41. The topological polar surface area (TPSA) is 23.8 Å². The lowest BCUT2D eigenvalue weighted by Crippen LogP contribution is -1.74. The van der Waals surface area contributed by atoms with Crippen molar-refractivity contribution < 1.29 is 4.39 Å². The van der Waals surface area contributed by atoms with E-state index in [1.54, 1.807) is 18.2 Å². The molecule has 2 rings (SSSR count). The molecule has 0 bridgehead atoms. The van der Waals surface area contributed by atoms with Crippen molar-refractivity contribution in [3.05, 3.63) is 28.9 Å². The molecule has 4 heteroatoms.